The van der Waals surface area contributed by atoms with Crippen molar-refractivity contribution in [3.8, 4) is 6.07 Å². The van der Waals surface area contributed by atoms with Gasteiger partial charge in [0.1, 0.15) is 6.04 Å². The number of carbonyl (C=O) groups excluding carboxylic acids is 2. The number of para-hydroxylation sites is 1. The molecule has 4 atom stereocenters. The number of rotatable bonds is 4. The number of carbonyl (C=O) groups is 2. The number of hydrogen-bond donors (Lipinski definition) is 1. The summed E-state index contributed by atoms with van der Waals surface area (Å²) in [7, 11) is 0. The molecular weight excluding hydrogens is 398 g/mol. The molecule has 1 fully saturated rings. The third-order valence-electron chi connectivity index (χ3n) is 6.62. The van der Waals surface area contributed by atoms with Crippen molar-refractivity contribution in [1.82, 2.24) is 0 Å². The fourth-order valence-electron chi connectivity index (χ4n) is 5.23. The lowest BCUT2D eigenvalue weighted by atomic mass is 9.67. The molecule has 1 amide bonds. The number of amides is 1. The standard InChI is InChI=1S/C27H21N3O2/c28-17-27(26(29)32)22-16-15-18-9-7-8-14-21(18)30(22)24(23(27)19-10-3-1-4-11-19)25(31)20-12-5-2-6-13-20/h1-16,22-24H,(H2,29,32)/t22?,23-,24+,27-/m1/s1. The average Bonchev–Trinajstić information content (AvgIpc) is 3.16. The molecule has 2 aliphatic heterocycles. The highest BCUT2D eigenvalue weighted by Crippen LogP contribution is 2.55. The molecule has 3 aromatic carbocycles. The predicted octanol–water partition coefficient (Wildman–Crippen LogP) is 3.93. The van der Waals surface area contributed by atoms with Crippen molar-refractivity contribution in [1.29, 1.82) is 5.26 Å². The quantitative estimate of drug-likeness (QED) is 0.649. The summed E-state index contributed by atoms with van der Waals surface area (Å²) in [5.74, 6) is -1.61. The van der Waals surface area contributed by atoms with Crippen molar-refractivity contribution in [2.45, 2.75) is 18.0 Å². The molecular formula is C27H21N3O2. The summed E-state index contributed by atoms with van der Waals surface area (Å²) < 4.78 is 0. The Labute approximate surface area is 186 Å². The lowest BCUT2D eigenvalue weighted by molar-refractivity contribution is -0.125. The molecule has 2 N–H and O–H groups in total. The Kier molecular flexibility index (Phi) is 4.64. The Hall–Kier alpha value is -4.17. The van der Waals surface area contributed by atoms with Crippen molar-refractivity contribution in [2.75, 3.05) is 4.90 Å². The fraction of sp³-hybridized carbons (Fsp3) is 0.148. The van der Waals surface area contributed by atoms with Crippen LogP contribution in [0.5, 0.6) is 0 Å². The zero-order valence-electron chi connectivity index (χ0n) is 17.3. The lowest BCUT2D eigenvalue weighted by Gasteiger charge is -2.36. The van der Waals surface area contributed by atoms with Gasteiger partial charge in [-0.3, -0.25) is 9.59 Å². The lowest BCUT2D eigenvalue weighted by Crippen LogP contribution is -2.49. The average molecular weight is 419 g/mol. The van der Waals surface area contributed by atoms with Crippen LogP contribution < -0.4 is 10.6 Å². The Morgan fingerprint density at radius 3 is 2.19 bits per heavy atom. The highest BCUT2D eigenvalue weighted by atomic mass is 16.1. The van der Waals surface area contributed by atoms with E-state index in [1.165, 1.54) is 0 Å². The molecule has 2 heterocycles. The first kappa shape index (κ1) is 19.8. The first-order chi connectivity index (χ1) is 15.6. The van der Waals surface area contributed by atoms with Gasteiger partial charge in [0.05, 0.1) is 12.1 Å². The summed E-state index contributed by atoms with van der Waals surface area (Å²) in [6.07, 6.45) is 3.74. The number of nitrogens with zero attached hydrogens (tertiary/aromatic N) is 2. The van der Waals surface area contributed by atoms with Crippen LogP contribution in [0.3, 0.4) is 0 Å². The van der Waals surface area contributed by atoms with Gasteiger partial charge in [-0.1, -0.05) is 91.0 Å². The maximum absolute atomic E-state index is 14.0. The summed E-state index contributed by atoms with van der Waals surface area (Å²) in [5.41, 5.74) is 7.37. The molecule has 0 spiro atoms. The van der Waals surface area contributed by atoms with Crippen molar-refractivity contribution in [3.63, 3.8) is 0 Å². The summed E-state index contributed by atoms with van der Waals surface area (Å²) in [6, 6.07) is 26.8. The van der Waals surface area contributed by atoms with Gasteiger partial charge in [0.15, 0.2) is 11.2 Å². The van der Waals surface area contributed by atoms with Gasteiger partial charge in [0.25, 0.3) is 0 Å². The maximum Gasteiger partial charge on any atom is 0.241 e. The van der Waals surface area contributed by atoms with E-state index in [1.54, 1.807) is 12.1 Å². The molecule has 32 heavy (non-hydrogen) atoms. The zero-order chi connectivity index (χ0) is 22.3. The summed E-state index contributed by atoms with van der Waals surface area (Å²) in [4.78, 5) is 29.0. The number of nitriles is 1. The fourth-order valence-corrected chi connectivity index (χ4v) is 5.23. The van der Waals surface area contributed by atoms with Crippen molar-refractivity contribution in [3.05, 3.63) is 108 Å². The van der Waals surface area contributed by atoms with E-state index in [9.17, 15) is 14.9 Å². The highest BCUT2D eigenvalue weighted by Gasteiger charge is 2.65. The van der Waals surface area contributed by atoms with E-state index in [0.717, 1.165) is 16.8 Å². The van der Waals surface area contributed by atoms with E-state index in [0.29, 0.717) is 5.56 Å². The number of nitrogens with two attached hydrogens (primary N) is 1. The smallest absolute Gasteiger partial charge is 0.241 e. The van der Waals surface area contributed by atoms with Gasteiger partial charge in [0.2, 0.25) is 5.91 Å². The second-order valence-corrected chi connectivity index (χ2v) is 8.18. The van der Waals surface area contributed by atoms with Crippen molar-refractivity contribution < 1.29 is 9.59 Å². The van der Waals surface area contributed by atoms with E-state index in [-0.39, 0.29) is 5.78 Å². The largest absolute Gasteiger partial charge is 0.368 e. The molecule has 0 saturated carbocycles. The molecule has 5 rings (SSSR count). The molecule has 0 aromatic heterocycles. The van der Waals surface area contributed by atoms with E-state index >= 15 is 0 Å². The van der Waals surface area contributed by atoms with E-state index in [1.807, 2.05) is 89.8 Å². The number of Topliss-reactive ketones (excluding diaryl/α,β-unsaturated/α-hetero) is 1. The second-order valence-electron chi connectivity index (χ2n) is 8.18. The summed E-state index contributed by atoms with van der Waals surface area (Å²) in [6.45, 7) is 0. The van der Waals surface area contributed by atoms with Crippen LogP contribution in [0.25, 0.3) is 6.08 Å². The number of fused-ring (bicyclic) bond motifs is 3. The number of hydrogen-bond acceptors (Lipinski definition) is 4. The van der Waals surface area contributed by atoms with Crippen LogP contribution in [0.4, 0.5) is 5.69 Å². The first-order valence-electron chi connectivity index (χ1n) is 10.5. The predicted molar refractivity (Wildman–Crippen MR) is 123 cm³/mol. The van der Waals surface area contributed by atoms with Crippen LogP contribution in [0.15, 0.2) is 91.0 Å². The second kappa shape index (κ2) is 7.51. The van der Waals surface area contributed by atoms with Gasteiger partial charge in [0, 0.05) is 17.2 Å². The zero-order valence-corrected chi connectivity index (χ0v) is 17.3. The van der Waals surface area contributed by atoms with Crippen LogP contribution in [-0.2, 0) is 4.79 Å². The molecule has 1 saturated heterocycles. The van der Waals surface area contributed by atoms with Crippen molar-refractivity contribution in [2.24, 2.45) is 11.1 Å². The van der Waals surface area contributed by atoms with E-state index in [2.05, 4.69) is 6.07 Å². The maximum atomic E-state index is 14.0. The van der Waals surface area contributed by atoms with Crippen LogP contribution in [0.1, 0.15) is 27.4 Å². The number of anilines is 1. The molecule has 0 bridgehead atoms. The van der Waals surface area contributed by atoms with Gasteiger partial charge in [-0.2, -0.15) is 5.26 Å². The number of ketones is 1. The number of primary amides is 1. The molecule has 0 aliphatic carbocycles. The highest BCUT2D eigenvalue weighted by molar-refractivity contribution is 6.06. The molecule has 3 aromatic rings. The summed E-state index contributed by atoms with van der Waals surface area (Å²) in [5, 5.41) is 10.5. The van der Waals surface area contributed by atoms with Gasteiger partial charge in [-0.15, -0.1) is 0 Å². The molecule has 5 nitrogen and oxygen atoms in total. The third-order valence-corrected chi connectivity index (χ3v) is 6.62. The van der Waals surface area contributed by atoms with Crippen LogP contribution in [0.2, 0.25) is 0 Å². The van der Waals surface area contributed by atoms with E-state index < -0.39 is 29.3 Å². The molecule has 1 unspecified atom stereocenters. The van der Waals surface area contributed by atoms with Crippen LogP contribution >= 0.6 is 0 Å². The molecule has 0 radical (unpaired) electrons. The SMILES string of the molecule is N#C[C@@]1(C(N)=O)C2C=Cc3ccccc3N2[C@H](C(=O)c2ccccc2)[C@H]1c1ccccc1. The topological polar surface area (TPSA) is 87.2 Å². The Balaban J connectivity index is 1.81. The van der Waals surface area contributed by atoms with Crippen molar-refractivity contribution >= 4 is 23.5 Å². The van der Waals surface area contributed by atoms with Gasteiger partial charge >= 0.3 is 0 Å². The molecule has 156 valence electrons. The van der Waals surface area contributed by atoms with Crippen LogP contribution in [-0.4, -0.2) is 23.8 Å². The summed E-state index contributed by atoms with van der Waals surface area (Å²) >= 11 is 0. The minimum atomic E-state index is -1.61. The minimum Gasteiger partial charge on any atom is -0.368 e. The van der Waals surface area contributed by atoms with Gasteiger partial charge in [-0.25, -0.2) is 0 Å². The third kappa shape index (κ3) is 2.70. The van der Waals surface area contributed by atoms with E-state index in [4.69, 9.17) is 5.73 Å². The Morgan fingerprint density at radius 2 is 1.53 bits per heavy atom. The first-order valence-corrected chi connectivity index (χ1v) is 10.5. The Morgan fingerprint density at radius 1 is 0.906 bits per heavy atom. The van der Waals surface area contributed by atoms with Crippen LogP contribution in [0, 0.1) is 16.7 Å². The van der Waals surface area contributed by atoms with Gasteiger partial charge in [-0.05, 0) is 17.2 Å². The Bertz CT molecular complexity index is 1260. The normalized spacial score (nSPS) is 25.5. The molecule has 5 heteroatoms. The number of benzene rings is 3. The minimum absolute atomic E-state index is 0.145. The van der Waals surface area contributed by atoms with Gasteiger partial charge < -0.3 is 10.6 Å². The molecule has 2 aliphatic rings. The monoisotopic (exact) mass is 419 g/mol.